The van der Waals surface area contributed by atoms with Crippen molar-refractivity contribution in [1.82, 2.24) is 10.2 Å². The number of hydrogen-bond acceptors (Lipinski definition) is 4. The number of nitrogens with zero attached hydrogens (tertiary/aromatic N) is 1. The number of amides is 2. The van der Waals surface area contributed by atoms with Gasteiger partial charge in [-0.25, -0.2) is 0 Å². The average Bonchev–Trinajstić information content (AvgIpc) is 2.86. The second kappa shape index (κ2) is 12.1. The van der Waals surface area contributed by atoms with Crippen LogP contribution in [0.4, 0.5) is 0 Å². The molecule has 0 radical (unpaired) electrons. The molecule has 1 unspecified atom stereocenters. The van der Waals surface area contributed by atoms with Crippen molar-refractivity contribution in [3.63, 3.8) is 0 Å². The van der Waals surface area contributed by atoms with Crippen molar-refractivity contribution in [3.05, 3.63) is 95.6 Å². The molecule has 172 valence electrons. The number of aryl methyl sites for hydroxylation is 1. The Balaban J connectivity index is 1.87. The summed E-state index contributed by atoms with van der Waals surface area (Å²) < 4.78 is 5.35. The summed E-state index contributed by atoms with van der Waals surface area (Å²) in [5.41, 5.74) is 3.08. The molecule has 3 rings (SSSR count). The zero-order chi connectivity index (χ0) is 23.6. The molecule has 5 nitrogen and oxygen atoms in total. The van der Waals surface area contributed by atoms with Crippen LogP contribution in [-0.4, -0.2) is 42.7 Å². The Kier molecular flexibility index (Phi) is 8.95. The van der Waals surface area contributed by atoms with Gasteiger partial charge in [-0.2, -0.15) is 0 Å². The number of hydrogen-bond donors (Lipinski definition) is 1. The van der Waals surface area contributed by atoms with Crippen molar-refractivity contribution in [2.45, 2.75) is 30.8 Å². The molecule has 1 N–H and O–H groups in total. The summed E-state index contributed by atoms with van der Waals surface area (Å²) in [4.78, 5) is 29.1. The highest BCUT2D eigenvalue weighted by Gasteiger charge is 2.29. The maximum atomic E-state index is 13.5. The van der Waals surface area contributed by atoms with Crippen LogP contribution in [0.2, 0.25) is 0 Å². The Hall–Kier alpha value is -3.25. The Labute approximate surface area is 200 Å². The van der Waals surface area contributed by atoms with Crippen molar-refractivity contribution in [3.8, 4) is 5.75 Å². The first-order chi connectivity index (χ1) is 16.0. The molecule has 3 aromatic carbocycles. The molecule has 0 aliphatic carbocycles. The SMILES string of the molecule is CNC(=O)C(Cc1ccccc1)N(Cc1cccc(OC)c1)C(=O)CSc1ccc(C)cc1. The van der Waals surface area contributed by atoms with Gasteiger partial charge >= 0.3 is 0 Å². The maximum Gasteiger partial charge on any atom is 0.242 e. The molecule has 0 bridgehead atoms. The standard InChI is InChI=1S/C27H30N2O3S/c1-20-12-14-24(15-13-20)33-19-26(30)29(18-22-10-7-11-23(16-22)32-3)25(27(31)28-2)17-21-8-5-4-6-9-21/h4-16,25H,17-19H2,1-3H3,(H,28,31). The molecule has 0 aliphatic rings. The molecule has 0 saturated carbocycles. The molecular weight excluding hydrogens is 432 g/mol. The van der Waals surface area contributed by atoms with Gasteiger partial charge in [-0.3, -0.25) is 9.59 Å². The van der Waals surface area contributed by atoms with Gasteiger partial charge in [0, 0.05) is 24.9 Å². The number of thioether (sulfide) groups is 1. The number of ether oxygens (including phenoxy) is 1. The second-order valence-electron chi connectivity index (χ2n) is 7.79. The Morgan fingerprint density at radius 3 is 2.33 bits per heavy atom. The quantitative estimate of drug-likeness (QED) is 0.451. The largest absolute Gasteiger partial charge is 0.497 e. The fraction of sp³-hybridized carbons (Fsp3) is 0.259. The van der Waals surface area contributed by atoms with Crippen LogP contribution in [0.15, 0.2) is 83.8 Å². The lowest BCUT2D eigenvalue weighted by Gasteiger charge is -2.31. The maximum absolute atomic E-state index is 13.5. The van der Waals surface area contributed by atoms with Gasteiger partial charge in [-0.1, -0.05) is 60.2 Å². The highest BCUT2D eigenvalue weighted by atomic mass is 32.2. The molecule has 0 aromatic heterocycles. The minimum absolute atomic E-state index is 0.0899. The third-order valence-corrected chi connectivity index (χ3v) is 6.38. The van der Waals surface area contributed by atoms with E-state index in [0.717, 1.165) is 16.0 Å². The first kappa shape index (κ1) is 24.4. The van der Waals surface area contributed by atoms with E-state index >= 15 is 0 Å². The van der Waals surface area contributed by atoms with Crippen LogP contribution in [0.5, 0.6) is 5.75 Å². The summed E-state index contributed by atoms with van der Waals surface area (Å²) in [6.45, 7) is 2.35. The first-order valence-electron chi connectivity index (χ1n) is 10.9. The number of carbonyl (C=O) groups is 2. The van der Waals surface area contributed by atoms with Gasteiger partial charge in [0.05, 0.1) is 12.9 Å². The Morgan fingerprint density at radius 2 is 1.67 bits per heavy atom. The molecule has 2 amide bonds. The monoisotopic (exact) mass is 462 g/mol. The van der Waals surface area contributed by atoms with Crippen LogP contribution < -0.4 is 10.1 Å². The summed E-state index contributed by atoms with van der Waals surface area (Å²) in [6.07, 6.45) is 0.436. The minimum atomic E-state index is -0.630. The molecule has 6 heteroatoms. The van der Waals surface area contributed by atoms with Crippen LogP contribution >= 0.6 is 11.8 Å². The lowest BCUT2D eigenvalue weighted by atomic mass is 10.0. The third-order valence-electron chi connectivity index (χ3n) is 5.39. The van der Waals surface area contributed by atoms with Crippen molar-refractivity contribution in [2.24, 2.45) is 0 Å². The number of benzene rings is 3. The van der Waals surface area contributed by atoms with Crippen molar-refractivity contribution < 1.29 is 14.3 Å². The fourth-order valence-corrected chi connectivity index (χ4v) is 4.34. The molecule has 33 heavy (non-hydrogen) atoms. The third kappa shape index (κ3) is 7.12. The summed E-state index contributed by atoms with van der Waals surface area (Å²) in [5, 5.41) is 2.74. The van der Waals surface area contributed by atoms with E-state index in [4.69, 9.17) is 4.74 Å². The van der Waals surface area contributed by atoms with Crippen molar-refractivity contribution >= 4 is 23.6 Å². The first-order valence-corrected chi connectivity index (χ1v) is 11.9. The van der Waals surface area contributed by atoms with E-state index < -0.39 is 6.04 Å². The van der Waals surface area contributed by atoms with Crippen LogP contribution in [0, 0.1) is 6.92 Å². The molecule has 0 fully saturated rings. The summed E-state index contributed by atoms with van der Waals surface area (Å²) in [7, 11) is 3.22. The second-order valence-corrected chi connectivity index (χ2v) is 8.84. The van der Waals surface area contributed by atoms with E-state index in [1.54, 1.807) is 19.1 Å². The van der Waals surface area contributed by atoms with Crippen LogP contribution in [0.1, 0.15) is 16.7 Å². The zero-order valence-corrected chi connectivity index (χ0v) is 20.1. The number of carbonyl (C=O) groups excluding carboxylic acids is 2. The number of methoxy groups -OCH3 is 1. The van der Waals surface area contributed by atoms with Gasteiger partial charge in [-0.15, -0.1) is 11.8 Å². The minimum Gasteiger partial charge on any atom is -0.497 e. The summed E-state index contributed by atoms with van der Waals surface area (Å²) in [5.74, 6) is 0.687. The molecule has 0 saturated heterocycles. The van der Waals surface area contributed by atoms with Gasteiger partial charge in [0.2, 0.25) is 11.8 Å². The molecule has 0 aliphatic heterocycles. The average molecular weight is 463 g/mol. The van der Waals surface area contributed by atoms with Crippen LogP contribution in [-0.2, 0) is 22.6 Å². The molecule has 0 heterocycles. The van der Waals surface area contributed by atoms with Gasteiger partial charge in [-0.05, 0) is 42.3 Å². The van der Waals surface area contributed by atoms with Gasteiger partial charge < -0.3 is 15.0 Å². The van der Waals surface area contributed by atoms with E-state index in [9.17, 15) is 9.59 Å². The zero-order valence-electron chi connectivity index (χ0n) is 19.3. The molecular formula is C27H30N2O3S. The summed E-state index contributed by atoms with van der Waals surface area (Å²) in [6, 6.07) is 24.8. The summed E-state index contributed by atoms with van der Waals surface area (Å²) >= 11 is 1.48. The Bertz CT molecular complexity index is 1050. The smallest absolute Gasteiger partial charge is 0.242 e. The number of rotatable bonds is 10. The number of likely N-dealkylation sites (N-methyl/N-ethyl adjacent to an activating group) is 1. The lowest BCUT2D eigenvalue weighted by molar-refractivity contribution is -0.139. The topological polar surface area (TPSA) is 58.6 Å². The van der Waals surface area contributed by atoms with Crippen LogP contribution in [0.3, 0.4) is 0 Å². The predicted molar refractivity (Wildman–Crippen MR) is 133 cm³/mol. The predicted octanol–water partition coefficient (Wildman–Crippen LogP) is 4.48. The van der Waals surface area contributed by atoms with Gasteiger partial charge in [0.1, 0.15) is 11.8 Å². The molecule has 1 atom stereocenters. The van der Waals surface area contributed by atoms with E-state index in [-0.39, 0.29) is 17.6 Å². The van der Waals surface area contributed by atoms with Crippen LogP contribution in [0.25, 0.3) is 0 Å². The van der Waals surface area contributed by atoms with E-state index in [2.05, 4.69) is 5.32 Å². The van der Waals surface area contributed by atoms with Gasteiger partial charge in [0.25, 0.3) is 0 Å². The molecule has 3 aromatic rings. The number of nitrogens with one attached hydrogen (secondary N) is 1. The van der Waals surface area contributed by atoms with Crippen molar-refractivity contribution in [1.29, 1.82) is 0 Å². The normalized spacial score (nSPS) is 11.5. The van der Waals surface area contributed by atoms with E-state index in [0.29, 0.717) is 18.7 Å². The fourth-order valence-electron chi connectivity index (χ4n) is 3.55. The van der Waals surface area contributed by atoms with Gasteiger partial charge in [0.15, 0.2) is 0 Å². The highest BCUT2D eigenvalue weighted by molar-refractivity contribution is 8.00. The Morgan fingerprint density at radius 1 is 0.970 bits per heavy atom. The molecule has 0 spiro atoms. The lowest BCUT2D eigenvalue weighted by Crippen LogP contribution is -2.50. The van der Waals surface area contributed by atoms with E-state index in [1.165, 1.54) is 17.3 Å². The highest BCUT2D eigenvalue weighted by Crippen LogP contribution is 2.22. The van der Waals surface area contributed by atoms with E-state index in [1.807, 2.05) is 85.8 Å². The van der Waals surface area contributed by atoms with Crippen molar-refractivity contribution in [2.75, 3.05) is 19.9 Å².